The number of amides is 1. The normalized spacial score (nSPS) is 20.3. The molecule has 1 aliphatic heterocycles. The Hall–Kier alpha value is -0.990. The first-order valence-electron chi connectivity index (χ1n) is 7.77. The number of carbonyl (C=O) groups is 1. The number of hydrogen-bond donors (Lipinski definition) is 0. The molecule has 1 amide bonds. The van der Waals surface area contributed by atoms with E-state index in [1.54, 1.807) is 23.3 Å². The van der Waals surface area contributed by atoms with E-state index >= 15 is 0 Å². The van der Waals surface area contributed by atoms with Gasteiger partial charge in [0.1, 0.15) is 0 Å². The second-order valence-electron chi connectivity index (χ2n) is 6.55. The lowest BCUT2D eigenvalue weighted by Crippen LogP contribution is -2.41. The number of rotatable bonds is 6. The van der Waals surface area contributed by atoms with Crippen molar-refractivity contribution in [3.8, 4) is 0 Å². The molecule has 1 saturated heterocycles. The Balaban J connectivity index is 1.87. The van der Waals surface area contributed by atoms with E-state index in [-0.39, 0.29) is 30.0 Å². The van der Waals surface area contributed by atoms with Crippen LogP contribution in [0.3, 0.4) is 0 Å². The van der Waals surface area contributed by atoms with Crippen molar-refractivity contribution < 1.29 is 13.2 Å². The maximum Gasteiger partial charge on any atom is 0.236 e. The first-order valence-corrected chi connectivity index (χ1v) is 10.5. The standard InChI is InChI=1S/C15H25N3O3S2/c1-11(2)15-16-12(9-22-15)7-18(4)14(19)8-17(3)13-5-6-23(20,21)10-13/h9,11,13H,5-8,10H2,1-4H3. The number of thiazole rings is 1. The van der Waals surface area contributed by atoms with Gasteiger partial charge in [-0.3, -0.25) is 9.69 Å². The second-order valence-corrected chi connectivity index (χ2v) is 9.67. The van der Waals surface area contributed by atoms with Crippen molar-refractivity contribution in [2.45, 2.75) is 38.8 Å². The summed E-state index contributed by atoms with van der Waals surface area (Å²) in [5, 5.41) is 3.07. The molecule has 0 aromatic carbocycles. The van der Waals surface area contributed by atoms with Crippen LogP contribution in [0.2, 0.25) is 0 Å². The molecule has 1 aromatic rings. The lowest BCUT2D eigenvalue weighted by atomic mass is 10.2. The number of likely N-dealkylation sites (N-methyl/N-ethyl adjacent to an activating group) is 2. The molecule has 1 atom stereocenters. The molecule has 1 aromatic heterocycles. The molecule has 0 saturated carbocycles. The average molecular weight is 360 g/mol. The van der Waals surface area contributed by atoms with E-state index in [1.165, 1.54) is 0 Å². The fraction of sp³-hybridized carbons (Fsp3) is 0.733. The van der Waals surface area contributed by atoms with Gasteiger partial charge in [0, 0.05) is 24.4 Å². The molecule has 6 nitrogen and oxygen atoms in total. The maximum absolute atomic E-state index is 12.3. The third-order valence-electron chi connectivity index (χ3n) is 4.10. The van der Waals surface area contributed by atoms with E-state index in [0.29, 0.717) is 18.9 Å². The molecule has 0 spiro atoms. The van der Waals surface area contributed by atoms with Crippen LogP contribution in [-0.2, 0) is 21.2 Å². The summed E-state index contributed by atoms with van der Waals surface area (Å²) in [5.41, 5.74) is 0.903. The first kappa shape index (κ1) is 18.4. The molecule has 1 unspecified atom stereocenters. The second kappa shape index (κ2) is 7.27. The van der Waals surface area contributed by atoms with Crippen LogP contribution in [0.5, 0.6) is 0 Å². The minimum absolute atomic E-state index is 0.0177. The maximum atomic E-state index is 12.3. The summed E-state index contributed by atoms with van der Waals surface area (Å²) in [4.78, 5) is 20.4. The summed E-state index contributed by atoms with van der Waals surface area (Å²) in [7, 11) is 0.651. The summed E-state index contributed by atoms with van der Waals surface area (Å²) in [6.45, 7) is 4.92. The third-order valence-corrected chi connectivity index (χ3v) is 7.05. The van der Waals surface area contributed by atoms with E-state index < -0.39 is 9.84 Å². The van der Waals surface area contributed by atoms with Gasteiger partial charge in [0.25, 0.3) is 0 Å². The summed E-state index contributed by atoms with van der Waals surface area (Å²) < 4.78 is 23.1. The Morgan fingerprint density at radius 2 is 2.13 bits per heavy atom. The van der Waals surface area contributed by atoms with Crippen molar-refractivity contribution in [2.75, 3.05) is 32.1 Å². The van der Waals surface area contributed by atoms with Gasteiger partial charge < -0.3 is 4.90 Å². The molecule has 0 N–H and O–H groups in total. The van der Waals surface area contributed by atoms with Crippen LogP contribution < -0.4 is 0 Å². The molecule has 8 heteroatoms. The molecular formula is C15H25N3O3S2. The third kappa shape index (κ3) is 4.99. The lowest BCUT2D eigenvalue weighted by molar-refractivity contribution is -0.131. The largest absolute Gasteiger partial charge is 0.339 e. The van der Waals surface area contributed by atoms with Crippen LogP contribution in [0.15, 0.2) is 5.38 Å². The van der Waals surface area contributed by atoms with Crippen molar-refractivity contribution in [2.24, 2.45) is 0 Å². The van der Waals surface area contributed by atoms with E-state index in [1.807, 2.05) is 17.3 Å². The fourth-order valence-electron chi connectivity index (χ4n) is 2.58. The predicted molar refractivity (Wildman–Crippen MR) is 92.4 cm³/mol. The van der Waals surface area contributed by atoms with Crippen molar-refractivity contribution in [1.82, 2.24) is 14.8 Å². The number of hydrogen-bond acceptors (Lipinski definition) is 6. The van der Waals surface area contributed by atoms with Gasteiger partial charge in [-0.25, -0.2) is 13.4 Å². The SMILES string of the molecule is CC(C)c1nc(CN(C)C(=O)CN(C)C2CCS(=O)(=O)C2)cs1. The van der Waals surface area contributed by atoms with Gasteiger partial charge in [0.05, 0.1) is 35.3 Å². The van der Waals surface area contributed by atoms with E-state index in [0.717, 1.165) is 10.7 Å². The Bertz CT molecular complexity index is 655. The number of sulfone groups is 1. The zero-order valence-corrected chi connectivity index (χ0v) is 15.8. The molecule has 2 rings (SSSR count). The molecule has 1 fully saturated rings. The molecule has 1 aliphatic rings. The van der Waals surface area contributed by atoms with E-state index in [2.05, 4.69) is 18.8 Å². The molecule has 130 valence electrons. The van der Waals surface area contributed by atoms with Gasteiger partial charge in [0.2, 0.25) is 5.91 Å². The summed E-state index contributed by atoms with van der Waals surface area (Å²) in [6.07, 6.45) is 0.611. The fourth-order valence-corrected chi connectivity index (χ4v) is 5.21. The quantitative estimate of drug-likeness (QED) is 0.767. The van der Waals surface area contributed by atoms with Crippen molar-refractivity contribution in [3.05, 3.63) is 16.1 Å². The highest BCUT2D eigenvalue weighted by Crippen LogP contribution is 2.20. The Morgan fingerprint density at radius 1 is 1.43 bits per heavy atom. The van der Waals surface area contributed by atoms with Crippen LogP contribution >= 0.6 is 11.3 Å². The topological polar surface area (TPSA) is 70.6 Å². The average Bonchev–Trinajstić information content (AvgIpc) is 3.05. The van der Waals surface area contributed by atoms with Gasteiger partial charge in [-0.05, 0) is 13.5 Å². The summed E-state index contributed by atoms with van der Waals surface area (Å²) in [5.74, 6) is 0.758. The van der Waals surface area contributed by atoms with Gasteiger partial charge in [-0.2, -0.15) is 0 Å². The van der Waals surface area contributed by atoms with Crippen LogP contribution in [0.25, 0.3) is 0 Å². The van der Waals surface area contributed by atoms with Crippen molar-refractivity contribution in [1.29, 1.82) is 0 Å². The van der Waals surface area contributed by atoms with E-state index in [4.69, 9.17) is 0 Å². The smallest absolute Gasteiger partial charge is 0.236 e. The van der Waals surface area contributed by atoms with Crippen molar-refractivity contribution >= 4 is 27.1 Å². The highest BCUT2D eigenvalue weighted by molar-refractivity contribution is 7.91. The Labute approximate surface area is 142 Å². The first-order chi connectivity index (χ1) is 10.7. The predicted octanol–water partition coefficient (Wildman–Crippen LogP) is 1.34. The summed E-state index contributed by atoms with van der Waals surface area (Å²) >= 11 is 1.62. The Morgan fingerprint density at radius 3 is 2.65 bits per heavy atom. The monoisotopic (exact) mass is 359 g/mol. The minimum Gasteiger partial charge on any atom is -0.339 e. The highest BCUT2D eigenvalue weighted by Gasteiger charge is 2.31. The van der Waals surface area contributed by atoms with Crippen LogP contribution in [0, 0.1) is 0 Å². The highest BCUT2D eigenvalue weighted by atomic mass is 32.2. The molecule has 0 radical (unpaired) electrons. The van der Waals surface area contributed by atoms with Gasteiger partial charge >= 0.3 is 0 Å². The minimum atomic E-state index is -2.93. The van der Waals surface area contributed by atoms with Gasteiger partial charge in [-0.1, -0.05) is 13.8 Å². The molecule has 23 heavy (non-hydrogen) atoms. The number of aromatic nitrogens is 1. The zero-order valence-electron chi connectivity index (χ0n) is 14.2. The molecule has 2 heterocycles. The molecular weight excluding hydrogens is 334 g/mol. The zero-order chi connectivity index (χ0) is 17.2. The van der Waals surface area contributed by atoms with Crippen LogP contribution in [0.4, 0.5) is 0 Å². The van der Waals surface area contributed by atoms with Crippen LogP contribution in [0.1, 0.15) is 36.9 Å². The number of carbonyl (C=O) groups excluding carboxylic acids is 1. The van der Waals surface area contributed by atoms with E-state index in [9.17, 15) is 13.2 Å². The molecule has 0 bridgehead atoms. The van der Waals surface area contributed by atoms with Gasteiger partial charge in [-0.15, -0.1) is 11.3 Å². The molecule has 0 aliphatic carbocycles. The van der Waals surface area contributed by atoms with Crippen molar-refractivity contribution in [3.63, 3.8) is 0 Å². The number of nitrogens with zero attached hydrogens (tertiary/aromatic N) is 3. The van der Waals surface area contributed by atoms with Gasteiger partial charge in [0.15, 0.2) is 9.84 Å². The lowest BCUT2D eigenvalue weighted by Gasteiger charge is -2.25. The summed E-state index contributed by atoms with van der Waals surface area (Å²) in [6, 6.07) is -0.0517. The van der Waals surface area contributed by atoms with Crippen LogP contribution in [-0.4, -0.2) is 67.3 Å². The Kier molecular flexibility index (Phi) is 5.80.